The first-order valence-corrected chi connectivity index (χ1v) is 4.17. The van der Waals surface area contributed by atoms with Crippen molar-refractivity contribution in [2.75, 3.05) is 0 Å². The largest absolute Gasteiger partial charge is 0.352 e. The molecule has 62 valence electrons. The van der Waals surface area contributed by atoms with Crippen molar-refractivity contribution >= 4 is 5.78 Å². The molecule has 0 radical (unpaired) electrons. The third-order valence-corrected chi connectivity index (χ3v) is 2.48. The van der Waals surface area contributed by atoms with Crippen LogP contribution in [0.25, 0.3) is 0 Å². The average Bonchev–Trinajstić information content (AvgIpc) is 2.30. The molecule has 2 aliphatic rings. The average molecular weight is 155 g/mol. The molecule has 2 fully saturated rings. The zero-order chi connectivity index (χ0) is 7.84. The summed E-state index contributed by atoms with van der Waals surface area (Å²) in [7, 11) is 0. The molecule has 0 amide bonds. The lowest BCUT2D eigenvalue weighted by Gasteiger charge is -2.27. The molecule has 11 heavy (non-hydrogen) atoms. The van der Waals surface area contributed by atoms with E-state index in [1.165, 1.54) is 0 Å². The van der Waals surface area contributed by atoms with Gasteiger partial charge >= 0.3 is 0 Å². The van der Waals surface area contributed by atoms with Crippen LogP contribution in [0.3, 0.4) is 0 Å². The highest BCUT2D eigenvalue weighted by atomic mass is 16.5. The summed E-state index contributed by atoms with van der Waals surface area (Å²) in [5, 5.41) is 3.30. The number of hydrogen-bond acceptors (Lipinski definition) is 3. The summed E-state index contributed by atoms with van der Waals surface area (Å²) in [5.74, 6) is 0.170. The maximum atomic E-state index is 11.0. The van der Waals surface area contributed by atoms with Crippen molar-refractivity contribution in [1.29, 1.82) is 0 Å². The lowest BCUT2D eigenvalue weighted by atomic mass is 10.1. The Morgan fingerprint density at radius 3 is 3.00 bits per heavy atom. The predicted molar refractivity (Wildman–Crippen MR) is 40.1 cm³/mol. The highest BCUT2D eigenvalue weighted by molar-refractivity contribution is 5.80. The molecular formula is C8H13NO2. The lowest BCUT2D eigenvalue weighted by Crippen LogP contribution is -2.45. The summed E-state index contributed by atoms with van der Waals surface area (Å²) < 4.78 is 5.48. The monoisotopic (exact) mass is 155 g/mol. The Morgan fingerprint density at radius 2 is 2.36 bits per heavy atom. The number of nitrogens with one attached hydrogen (secondary N) is 1. The van der Waals surface area contributed by atoms with E-state index in [1.807, 2.05) is 0 Å². The first-order chi connectivity index (χ1) is 5.25. The predicted octanol–water partition coefficient (Wildman–Crippen LogP) is 0.442. The van der Waals surface area contributed by atoms with E-state index in [4.69, 9.17) is 4.74 Å². The number of Topliss-reactive ketones (excluding diaryl/α,β-unsaturated/α-hetero) is 1. The zero-order valence-electron chi connectivity index (χ0n) is 6.67. The third-order valence-electron chi connectivity index (χ3n) is 2.48. The van der Waals surface area contributed by atoms with Gasteiger partial charge in [0.15, 0.2) is 5.78 Å². The molecule has 3 unspecified atom stereocenters. The molecule has 2 rings (SSSR count). The number of ketones is 1. The van der Waals surface area contributed by atoms with Crippen molar-refractivity contribution in [3.8, 4) is 0 Å². The molecule has 2 aliphatic heterocycles. The summed E-state index contributed by atoms with van der Waals surface area (Å²) in [6.07, 6.45) is 3.12. The normalized spacial score (nSPS) is 42.5. The van der Waals surface area contributed by atoms with Gasteiger partial charge < -0.3 is 4.74 Å². The topological polar surface area (TPSA) is 38.3 Å². The van der Waals surface area contributed by atoms with Gasteiger partial charge in [-0.15, -0.1) is 0 Å². The van der Waals surface area contributed by atoms with Gasteiger partial charge in [-0.2, -0.15) is 0 Å². The molecule has 0 spiro atoms. The lowest BCUT2D eigenvalue weighted by molar-refractivity contribution is -0.137. The van der Waals surface area contributed by atoms with Crippen LogP contribution in [0.15, 0.2) is 0 Å². The summed E-state index contributed by atoms with van der Waals surface area (Å²) >= 11 is 0. The van der Waals surface area contributed by atoms with E-state index in [1.54, 1.807) is 6.92 Å². The van der Waals surface area contributed by atoms with Gasteiger partial charge in [0.05, 0.1) is 0 Å². The molecule has 3 heteroatoms. The number of fused-ring (bicyclic) bond motifs is 2. The molecular weight excluding hydrogens is 142 g/mol. The second kappa shape index (κ2) is 2.57. The van der Waals surface area contributed by atoms with Crippen molar-refractivity contribution in [3.63, 3.8) is 0 Å². The summed E-state index contributed by atoms with van der Waals surface area (Å²) in [6, 6.07) is 0.530. The van der Waals surface area contributed by atoms with Crippen molar-refractivity contribution < 1.29 is 9.53 Å². The van der Waals surface area contributed by atoms with Crippen molar-refractivity contribution in [2.24, 2.45) is 0 Å². The first kappa shape index (κ1) is 7.25. The minimum atomic E-state index is -0.131. The van der Waals surface area contributed by atoms with Crippen LogP contribution in [0.5, 0.6) is 0 Å². The van der Waals surface area contributed by atoms with E-state index in [-0.39, 0.29) is 18.1 Å². The Bertz CT molecular complexity index is 169. The Kier molecular flexibility index (Phi) is 1.69. The van der Waals surface area contributed by atoms with Crippen LogP contribution in [0.4, 0.5) is 0 Å². The fraction of sp³-hybridized carbons (Fsp3) is 0.875. The number of ether oxygens (including phenoxy) is 1. The number of carbonyl (C=O) groups excluding carboxylic acids is 1. The van der Waals surface area contributed by atoms with Crippen LogP contribution < -0.4 is 5.32 Å². The molecule has 0 aromatic rings. The Balaban J connectivity index is 2.02. The second-order valence-electron chi connectivity index (χ2n) is 3.40. The van der Waals surface area contributed by atoms with Crippen LogP contribution in [0.1, 0.15) is 26.2 Å². The molecule has 2 saturated heterocycles. The maximum Gasteiger partial charge on any atom is 0.158 e. The molecule has 2 bridgehead atoms. The highest BCUT2D eigenvalue weighted by Gasteiger charge is 2.35. The molecule has 1 N–H and O–H groups in total. The van der Waals surface area contributed by atoms with Gasteiger partial charge in [-0.05, 0) is 26.2 Å². The van der Waals surface area contributed by atoms with Crippen LogP contribution in [0.2, 0.25) is 0 Å². The number of hydrogen-bond donors (Lipinski definition) is 1. The van der Waals surface area contributed by atoms with Gasteiger partial charge in [-0.25, -0.2) is 0 Å². The Labute approximate surface area is 66.1 Å². The highest BCUT2D eigenvalue weighted by Crippen LogP contribution is 2.25. The first-order valence-electron chi connectivity index (χ1n) is 4.17. The summed E-state index contributed by atoms with van der Waals surface area (Å²) in [5.41, 5.74) is 0. The molecule has 3 nitrogen and oxygen atoms in total. The van der Waals surface area contributed by atoms with E-state index in [2.05, 4.69) is 5.32 Å². The van der Waals surface area contributed by atoms with Gasteiger partial charge in [0.1, 0.15) is 12.3 Å². The van der Waals surface area contributed by atoms with Crippen LogP contribution in [-0.2, 0) is 9.53 Å². The SMILES string of the molecule is CC(=O)C1CC2CCC(N2)O1. The van der Waals surface area contributed by atoms with Gasteiger partial charge in [0, 0.05) is 6.04 Å². The van der Waals surface area contributed by atoms with Crippen molar-refractivity contribution in [1.82, 2.24) is 5.32 Å². The van der Waals surface area contributed by atoms with Gasteiger partial charge in [0.25, 0.3) is 0 Å². The standard InChI is InChI=1S/C8H13NO2/c1-5(10)7-4-6-2-3-8(9-6)11-7/h6-9H,2-4H2,1H3. The number of rotatable bonds is 1. The Hall–Kier alpha value is -0.410. The van der Waals surface area contributed by atoms with E-state index < -0.39 is 0 Å². The fourth-order valence-corrected chi connectivity index (χ4v) is 1.85. The summed E-state index contributed by atoms with van der Waals surface area (Å²) in [4.78, 5) is 11.0. The Morgan fingerprint density at radius 1 is 1.55 bits per heavy atom. The van der Waals surface area contributed by atoms with Crippen LogP contribution >= 0.6 is 0 Å². The van der Waals surface area contributed by atoms with Crippen molar-refractivity contribution in [3.05, 3.63) is 0 Å². The molecule has 3 atom stereocenters. The van der Waals surface area contributed by atoms with E-state index in [9.17, 15) is 4.79 Å². The maximum absolute atomic E-state index is 11.0. The minimum Gasteiger partial charge on any atom is -0.352 e. The third kappa shape index (κ3) is 1.30. The summed E-state index contributed by atoms with van der Waals surface area (Å²) in [6.45, 7) is 1.61. The second-order valence-corrected chi connectivity index (χ2v) is 3.40. The quantitative estimate of drug-likeness (QED) is 0.597. The fourth-order valence-electron chi connectivity index (χ4n) is 1.85. The minimum absolute atomic E-state index is 0.131. The van der Waals surface area contributed by atoms with Gasteiger partial charge in [-0.1, -0.05) is 0 Å². The molecule has 0 saturated carbocycles. The number of carbonyl (C=O) groups is 1. The zero-order valence-corrected chi connectivity index (χ0v) is 6.67. The smallest absolute Gasteiger partial charge is 0.158 e. The van der Waals surface area contributed by atoms with E-state index in [0.29, 0.717) is 6.04 Å². The van der Waals surface area contributed by atoms with Gasteiger partial charge in [0.2, 0.25) is 0 Å². The molecule has 0 aromatic heterocycles. The van der Waals surface area contributed by atoms with E-state index >= 15 is 0 Å². The molecule has 0 aromatic carbocycles. The van der Waals surface area contributed by atoms with Crippen molar-refractivity contribution in [2.45, 2.75) is 44.6 Å². The van der Waals surface area contributed by atoms with Crippen LogP contribution in [-0.4, -0.2) is 24.2 Å². The molecule has 0 aliphatic carbocycles. The van der Waals surface area contributed by atoms with Crippen LogP contribution in [0, 0.1) is 0 Å². The van der Waals surface area contributed by atoms with Gasteiger partial charge in [-0.3, -0.25) is 10.1 Å². The molecule has 2 heterocycles. The van der Waals surface area contributed by atoms with E-state index in [0.717, 1.165) is 19.3 Å².